The summed E-state index contributed by atoms with van der Waals surface area (Å²) >= 11 is 0. The third kappa shape index (κ3) is 4.75. The van der Waals surface area contributed by atoms with E-state index in [2.05, 4.69) is 0 Å². The van der Waals surface area contributed by atoms with Crippen LogP contribution in [0.15, 0.2) is 18.2 Å². The smallest absolute Gasteiger partial charge is 0.417 e. The lowest BCUT2D eigenvalue weighted by Crippen LogP contribution is -2.19. The van der Waals surface area contributed by atoms with Crippen molar-refractivity contribution in [3.05, 3.63) is 29.3 Å². The highest BCUT2D eigenvalue weighted by atomic mass is 19.4. The molecule has 20 heavy (non-hydrogen) atoms. The number of hydrogen-bond acceptors (Lipinski definition) is 2. The Kier molecular flexibility index (Phi) is 4.68. The molecule has 0 heterocycles. The number of nitrogen functional groups attached to an aromatic ring is 1. The molecule has 0 spiro atoms. The summed E-state index contributed by atoms with van der Waals surface area (Å²) in [7, 11) is 0. The summed E-state index contributed by atoms with van der Waals surface area (Å²) in [5, 5.41) is 7.25. The molecule has 0 saturated carbocycles. The molecule has 0 aliphatic rings. The molecule has 3 nitrogen and oxygen atoms in total. The number of ether oxygens (including phenoxy) is 1. The lowest BCUT2D eigenvalue weighted by Gasteiger charge is -2.19. The van der Waals surface area contributed by atoms with Crippen molar-refractivity contribution in [2.24, 2.45) is 11.1 Å². The molecule has 0 amide bonds. The van der Waals surface area contributed by atoms with Crippen molar-refractivity contribution in [1.29, 1.82) is 5.41 Å². The van der Waals surface area contributed by atoms with Crippen LogP contribution in [0.1, 0.15) is 38.3 Å². The minimum Gasteiger partial charge on any atom is -0.494 e. The highest BCUT2D eigenvalue weighted by molar-refractivity contribution is 5.97. The van der Waals surface area contributed by atoms with Crippen LogP contribution in [0.4, 0.5) is 13.2 Å². The van der Waals surface area contributed by atoms with Crippen molar-refractivity contribution in [2.45, 2.75) is 33.4 Å². The monoisotopic (exact) mass is 288 g/mol. The molecule has 112 valence electrons. The Morgan fingerprint density at radius 2 is 1.85 bits per heavy atom. The van der Waals surface area contributed by atoms with Crippen LogP contribution in [0.3, 0.4) is 0 Å². The van der Waals surface area contributed by atoms with E-state index >= 15 is 0 Å². The van der Waals surface area contributed by atoms with Crippen molar-refractivity contribution in [1.82, 2.24) is 0 Å². The molecule has 3 N–H and O–H groups in total. The minimum absolute atomic E-state index is 0.0787. The molecule has 0 radical (unpaired) electrons. The number of nitrogens with two attached hydrogens (primary N) is 1. The molecule has 0 bridgehead atoms. The van der Waals surface area contributed by atoms with E-state index in [4.69, 9.17) is 15.9 Å². The Bertz CT molecular complexity index is 490. The maximum Gasteiger partial charge on any atom is 0.417 e. The van der Waals surface area contributed by atoms with Gasteiger partial charge >= 0.3 is 6.18 Å². The summed E-state index contributed by atoms with van der Waals surface area (Å²) in [6.45, 7) is 6.53. The first kappa shape index (κ1) is 16.3. The van der Waals surface area contributed by atoms with Crippen LogP contribution in [0.25, 0.3) is 0 Å². The summed E-state index contributed by atoms with van der Waals surface area (Å²) in [6.07, 6.45) is -3.77. The van der Waals surface area contributed by atoms with Gasteiger partial charge in [0.05, 0.1) is 12.2 Å². The van der Waals surface area contributed by atoms with E-state index in [1.54, 1.807) is 0 Å². The van der Waals surface area contributed by atoms with Crippen molar-refractivity contribution >= 4 is 5.84 Å². The summed E-state index contributed by atoms with van der Waals surface area (Å²) in [5.41, 5.74) is 4.01. The predicted molar refractivity (Wildman–Crippen MR) is 72.0 cm³/mol. The highest BCUT2D eigenvalue weighted by Crippen LogP contribution is 2.33. The largest absolute Gasteiger partial charge is 0.494 e. The van der Waals surface area contributed by atoms with Crippen molar-refractivity contribution in [3.8, 4) is 5.75 Å². The van der Waals surface area contributed by atoms with Gasteiger partial charge in [-0.05, 0) is 30.0 Å². The predicted octanol–water partition coefficient (Wildman–Crippen LogP) is 3.80. The Morgan fingerprint density at radius 1 is 1.25 bits per heavy atom. The molecule has 0 unspecified atom stereocenters. The molecular weight excluding hydrogens is 269 g/mol. The number of amidine groups is 1. The van der Waals surface area contributed by atoms with Gasteiger partial charge in [-0.1, -0.05) is 20.8 Å². The number of nitrogens with one attached hydrogen (secondary N) is 1. The zero-order chi connectivity index (χ0) is 15.6. The molecule has 0 aliphatic carbocycles. The fourth-order valence-corrected chi connectivity index (χ4v) is 1.56. The van der Waals surface area contributed by atoms with Gasteiger partial charge in [-0.3, -0.25) is 5.41 Å². The van der Waals surface area contributed by atoms with Crippen LogP contribution in [0, 0.1) is 10.8 Å². The second-order valence-electron chi connectivity index (χ2n) is 5.78. The maximum atomic E-state index is 12.8. The first-order valence-electron chi connectivity index (χ1n) is 6.19. The van der Waals surface area contributed by atoms with E-state index in [0.717, 1.165) is 18.6 Å². The molecule has 0 atom stereocenters. The van der Waals surface area contributed by atoms with Gasteiger partial charge in [-0.15, -0.1) is 0 Å². The Hall–Kier alpha value is -1.72. The van der Waals surface area contributed by atoms with Crippen molar-refractivity contribution < 1.29 is 17.9 Å². The van der Waals surface area contributed by atoms with Gasteiger partial charge < -0.3 is 10.5 Å². The molecule has 0 saturated heterocycles. The Balaban J connectivity index is 2.92. The molecule has 0 fully saturated rings. The van der Waals surface area contributed by atoms with Gasteiger partial charge in [0, 0.05) is 5.56 Å². The SMILES string of the molecule is CC(C)(C)CCOc1ccc(C(F)(F)F)c(C(=N)N)c1. The average Bonchev–Trinajstić information content (AvgIpc) is 2.25. The topological polar surface area (TPSA) is 59.1 Å². The number of halogens is 3. The van der Waals surface area contributed by atoms with E-state index < -0.39 is 17.6 Å². The van der Waals surface area contributed by atoms with Gasteiger partial charge in [-0.25, -0.2) is 0 Å². The molecule has 1 aromatic carbocycles. The summed E-state index contributed by atoms with van der Waals surface area (Å²) in [5.74, 6) is -0.342. The fraction of sp³-hybridized carbons (Fsp3) is 0.500. The molecular formula is C14H19F3N2O. The summed E-state index contributed by atoms with van der Waals surface area (Å²) in [6, 6.07) is 3.30. The van der Waals surface area contributed by atoms with Gasteiger partial charge in [0.15, 0.2) is 0 Å². The first-order valence-corrected chi connectivity index (χ1v) is 6.19. The lowest BCUT2D eigenvalue weighted by molar-refractivity contribution is -0.137. The fourth-order valence-electron chi connectivity index (χ4n) is 1.56. The second-order valence-corrected chi connectivity index (χ2v) is 5.78. The van der Waals surface area contributed by atoms with Crippen molar-refractivity contribution in [2.75, 3.05) is 6.61 Å². The van der Waals surface area contributed by atoms with E-state index in [1.807, 2.05) is 20.8 Å². The Morgan fingerprint density at radius 3 is 2.30 bits per heavy atom. The van der Waals surface area contributed by atoms with Gasteiger partial charge in [0.1, 0.15) is 11.6 Å². The minimum atomic E-state index is -4.54. The van der Waals surface area contributed by atoms with Crippen LogP contribution in [-0.4, -0.2) is 12.4 Å². The average molecular weight is 288 g/mol. The third-order valence-corrected chi connectivity index (χ3v) is 2.71. The highest BCUT2D eigenvalue weighted by Gasteiger charge is 2.34. The number of hydrogen-bond donors (Lipinski definition) is 2. The molecule has 6 heteroatoms. The zero-order valence-corrected chi connectivity index (χ0v) is 11.8. The summed E-state index contributed by atoms with van der Waals surface area (Å²) < 4.78 is 43.7. The normalized spacial score (nSPS) is 12.3. The van der Waals surface area contributed by atoms with Gasteiger partial charge in [0.2, 0.25) is 0 Å². The zero-order valence-electron chi connectivity index (χ0n) is 11.8. The van der Waals surface area contributed by atoms with E-state index in [9.17, 15) is 13.2 Å². The van der Waals surface area contributed by atoms with Crippen LogP contribution in [0.5, 0.6) is 5.75 Å². The molecule has 0 aromatic heterocycles. The van der Waals surface area contributed by atoms with E-state index in [-0.39, 0.29) is 16.7 Å². The first-order chi connectivity index (χ1) is 9.00. The molecule has 0 aliphatic heterocycles. The number of alkyl halides is 3. The van der Waals surface area contributed by atoms with E-state index in [0.29, 0.717) is 6.61 Å². The van der Waals surface area contributed by atoms with E-state index in [1.165, 1.54) is 6.07 Å². The maximum absolute atomic E-state index is 12.8. The van der Waals surface area contributed by atoms with Gasteiger partial charge in [0.25, 0.3) is 0 Å². The third-order valence-electron chi connectivity index (χ3n) is 2.71. The number of benzene rings is 1. The van der Waals surface area contributed by atoms with Crippen LogP contribution < -0.4 is 10.5 Å². The quantitative estimate of drug-likeness (QED) is 0.654. The standard InChI is InChI=1S/C14H19F3N2O/c1-13(2,3)6-7-20-9-4-5-11(14(15,16)17)10(8-9)12(18)19/h4-5,8H,6-7H2,1-3H3,(H3,18,19). The van der Waals surface area contributed by atoms with Gasteiger partial charge in [-0.2, -0.15) is 13.2 Å². The summed E-state index contributed by atoms with van der Waals surface area (Å²) in [4.78, 5) is 0. The van der Waals surface area contributed by atoms with Crippen molar-refractivity contribution in [3.63, 3.8) is 0 Å². The second kappa shape index (κ2) is 5.73. The molecule has 1 rings (SSSR count). The van der Waals surface area contributed by atoms with Crippen LogP contribution >= 0.6 is 0 Å². The lowest BCUT2D eigenvalue weighted by atomic mass is 9.93. The van der Waals surface area contributed by atoms with Crippen LogP contribution in [0.2, 0.25) is 0 Å². The van der Waals surface area contributed by atoms with Crippen LogP contribution in [-0.2, 0) is 6.18 Å². The number of rotatable bonds is 4. The Labute approximate surface area is 116 Å². The molecule has 1 aromatic rings.